The predicted octanol–water partition coefficient (Wildman–Crippen LogP) is 3.64. The lowest BCUT2D eigenvalue weighted by molar-refractivity contribution is -0.134. The largest absolute Gasteiger partial charge is 0.478 e. The number of rotatable bonds is 5. The molecular weight excluding hydrogens is 311 g/mol. The van der Waals surface area contributed by atoms with E-state index >= 15 is 0 Å². The lowest BCUT2D eigenvalue weighted by Gasteiger charge is -2.04. The zero-order valence-corrected chi connectivity index (χ0v) is 12.9. The van der Waals surface area contributed by atoms with Crippen LogP contribution in [-0.2, 0) is 14.3 Å². The molecule has 0 amide bonds. The smallest absolute Gasteiger partial charge is 0.336 e. The van der Waals surface area contributed by atoms with Crippen molar-refractivity contribution in [1.29, 1.82) is 0 Å². The van der Waals surface area contributed by atoms with Gasteiger partial charge in [0.05, 0.1) is 12.7 Å². The van der Waals surface area contributed by atoms with Crippen LogP contribution in [0, 0.1) is 5.82 Å². The number of esters is 1. The van der Waals surface area contributed by atoms with Crippen LogP contribution >= 0.6 is 0 Å². The van der Waals surface area contributed by atoms with E-state index in [1.807, 2.05) is 0 Å². The van der Waals surface area contributed by atoms with Crippen molar-refractivity contribution in [3.8, 4) is 0 Å². The molecule has 0 fully saturated rings. The number of benzene rings is 2. The molecule has 0 unspecified atom stereocenters. The topological polar surface area (TPSA) is 63.6 Å². The van der Waals surface area contributed by atoms with Crippen LogP contribution in [0.1, 0.15) is 16.7 Å². The van der Waals surface area contributed by atoms with Crippen molar-refractivity contribution in [1.82, 2.24) is 0 Å². The summed E-state index contributed by atoms with van der Waals surface area (Å²) in [5.74, 6) is -1.98. The SMILES string of the molecule is COC(=O)C=Cc1ccc(C=C(C(=O)O)c2ccc(F)cc2)cc1. The van der Waals surface area contributed by atoms with Crippen LogP contribution < -0.4 is 0 Å². The van der Waals surface area contributed by atoms with Crippen LogP contribution in [0.4, 0.5) is 4.39 Å². The lowest BCUT2D eigenvalue weighted by Crippen LogP contribution is -1.99. The summed E-state index contributed by atoms with van der Waals surface area (Å²) in [6.07, 6.45) is 4.40. The first-order valence-corrected chi connectivity index (χ1v) is 7.06. The predicted molar refractivity (Wildman–Crippen MR) is 89.4 cm³/mol. The first-order chi connectivity index (χ1) is 11.5. The molecule has 4 nitrogen and oxygen atoms in total. The Balaban J connectivity index is 2.27. The molecule has 2 rings (SSSR count). The molecule has 2 aromatic carbocycles. The number of hydrogen-bond donors (Lipinski definition) is 1. The molecule has 5 heteroatoms. The number of carboxylic acids is 1. The molecule has 1 N–H and O–H groups in total. The van der Waals surface area contributed by atoms with E-state index in [9.17, 15) is 19.1 Å². The summed E-state index contributed by atoms with van der Waals surface area (Å²) in [4.78, 5) is 22.5. The van der Waals surface area contributed by atoms with Gasteiger partial charge in [0, 0.05) is 6.08 Å². The van der Waals surface area contributed by atoms with Gasteiger partial charge in [-0.1, -0.05) is 36.4 Å². The van der Waals surface area contributed by atoms with Gasteiger partial charge in [0.15, 0.2) is 0 Å². The zero-order chi connectivity index (χ0) is 17.5. The Hall–Kier alpha value is -3.21. The fourth-order valence-corrected chi connectivity index (χ4v) is 2.00. The number of carbonyl (C=O) groups is 2. The van der Waals surface area contributed by atoms with E-state index in [1.165, 1.54) is 43.5 Å². The average Bonchev–Trinajstić information content (AvgIpc) is 2.59. The highest BCUT2D eigenvalue weighted by atomic mass is 19.1. The van der Waals surface area contributed by atoms with Gasteiger partial charge in [-0.15, -0.1) is 0 Å². The molecule has 0 atom stereocenters. The maximum atomic E-state index is 13.0. The van der Waals surface area contributed by atoms with Gasteiger partial charge in [0.25, 0.3) is 0 Å². The second kappa shape index (κ2) is 7.87. The number of methoxy groups -OCH3 is 1. The molecule has 0 aliphatic rings. The normalized spacial score (nSPS) is 11.5. The first kappa shape index (κ1) is 17.1. The van der Waals surface area contributed by atoms with E-state index in [2.05, 4.69) is 4.74 Å². The Labute approximate surface area is 138 Å². The van der Waals surface area contributed by atoms with Crippen LogP contribution in [-0.4, -0.2) is 24.2 Å². The van der Waals surface area contributed by atoms with Crippen molar-refractivity contribution in [2.24, 2.45) is 0 Å². The molecule has 122 valence electrons. The van der Waals surface area contributed by atoms with Gasteiger partial charge in [0.1, 0.15) is 5.82 Å². The van der Waals surface area contributed by atoms with Gasteiger partial charge in [-0.3, -0.25) is 0 Å². The van der Waals surface area contributed by atoms with E-state index < -0.39 is 17.8 Å². The molecule has 0 saturated carbocycles. The second-order valence-corrected chi connectivity index (χ2v) is 4.89. The molecule has 0 aromatic heterocycles. The fraction of sp³-hybridized carbons (Fsp3) is 0.0526. The standard InChI is InChI=1S/C19H15FO4/c1-24-18(21)11-6-13-2-4-14(5-3-13)12-17(19(22)23)15-7-9-16(20)10-8-15/h2-12H,1H3,(H,22,23). The Morgan fingerprint density at radius 1 is 1.00 bits per heavy atom. The minimum Gasteiger partial charge on any atom is -0.478 e. The minimum atomic E-state index is -1.10. The van der Waals surface area contributed by atoms with Gasteiger partial charge in [-0.05, 0) is 41.0 Å². The maximum Gasteiger partial charge on any atom is 0.336 e. The lowest BCUT2D eigenvalue weighted by atomic mass is 10.0. The Kier molecular flexibility index (Phi) is 5.63. The fourth-order valence-electron chi connectivity index (χ4n) is 2.00. The molecule has 24 heavy (non-hydrogen) atoms. The summed E-state index contributed by atoms with van der Waals surface area (Å²) in [6, 6.07) is 12.2. The highest BCUT2D eigenvalue weighted by Gasteiger charge is 2.10. The summed E-state index contributed by atoms with van der Waals surface area (Å²) in [6.45, 7) is 0. The Bertz CT molecular complexity index is 787. The monoisotopic (exact) mass is 326 g/mol. The number of halogens is 1. The molecule has 0 heterocycles. The number of carbonyl (C=O) groups excluding carboxylic acids is 1. The number of aliphatic carboxylic acids is 1. The van der Waals surface area contributed by atoms with Gasteiger partial charge < -0.3 is 9.84 Å². The molecule has 0 saturated heterocycles. The number of hydrogen-bond acceptors (Lipinski definition) is 3. The number of carboxylic acid groups (broad SMARTS) is 1. The second-order valence-electron chi connectivity index (χ2n) is 4.89. The molecule has 2 aromatic rings. The van der Waals surface area contributed by atoms with Gasteiger partial charge in [-0.2, -0.15) is 0 Å². The van der Waals surface area contributed by atoms with Crippen LogP contribution in [0.25, 0.3) is 17.7 Å². The molecule has 0 spiro atoms. The molecule has 0 aliphatic carbocycles. The van der Waals surface area contributed by atoms with Crippen LogP contribution in [0.3, 0.4) is 0 Å². The summed E-state index contributed by atoms with van der Waals surface area (Å²) >= 11 is 0. The van der Waals surface area contributed by atoms with E-state index in [1.54, 1.807) is 30.3 Å². The average molecular weight is 326 g/mol. The molecular formula is C19H15FO4. The minimum absolute atomic E-state index is 0.0628. The van der Waals surface area contributed by atoms with Crippen molar-refractivity contribution >= 4 is 29.7 Å². The Morgan fingerprint density at radius 3 is 2.12 bits per heavy atom. The third-order valence-corrected chi connectivity index (χ3v) is 3.25. The van der Waals surface area contributed by atoms with Crippen molar-refractivity contribution in [3.63, 3.8) is 0 Å². The third-order valence-electron chi connectivity index (χ3n) is 3.25. The molecule has 0 radical (unpaired) electrons. The maximum absolute atomic E-state index is 13.0. The quantitative estimate of drug-likeness (QED) is 0.518. The molecule has 0 aliphatic heterocycles. The van der Waals surface area contributed by atoms with E-state index in [4.69, 9.17) is 0 Å². The van der Waals surface area contributed by atoms with E-state index in [-0.39, 0.29) is 5.57 Å². The summed E-state index contributed by atoms with van der Waals surface area (Å²) in [5, 5.41) is 9.36. The third kappa shape index (κ3) is 4.64. The van der Waals surface area contributed by atoms with Gasteiger partial charge in [-0.25, -0.2) is 14.0 Å². The van der Waals surface area contributed by atoms with E-state index in [0.717, 1.165) is 5.56 Å². The van der Waals surface area contributed by atoms with Crippen molar-refractivity contribution in [3.05, 3.63) is 77.1 Å². The summed E-state index contributed by atoms with van der Waals surface area (Å²) in [5.41, 5.74) is 1.93. The van der Waals surface area contributed by atoms with Crippen molar-refractivity contribution in [2.75, 3.05) is 7.11 Å². The summed E-state index contributed by atoms with van der Waals surface area (Å²) < 4.78 is 17.5. The highest BCUT2D eigenvalue weighted by Crippen LogP contribution is 2.19. The van der Waals surface area contributed by atoms with Gasteiger partial charge in [0.2, 0.25) is 0 Å². The van der Waals surface area contributed by atoms with E-state index in [0.29, 0.717) is 11.1 Å². The van der Waals surface area contributed by atoms with Crippen LogP contribution in [0.15, 0.2) is 54.6 Å². The first-order valence-electron chi connectivity index (χ1n) is 7.06. The van der Waals surface area contributed by atoms with Gasteiger partial charge >= 0.3 is 11.9 Å². The number of ether oxygens (including phenoxy) is 1. The molecule has 0 bridgehead atoms. The Morgan fingerprint density at radius 2 is 1.58 bits per heavy atom. The summed E-state index contributed by atoms with van der Waals surface area (Å²) in [7, 11) is 1.30. The van der Waals surface area contributed by atoms with Crippen LogP contribution in [0.5, 0.6) is 0 Å². The van der Waals surface area contributed by atoms with Crippen molar-refractivity contribution < 1.29 is 23.8 Å². The zero-order valence-electron chi connectivity index (χ0n) is 12.9. The highest BCUT2D eigenvalue weighted by molar-refractivity contribution is 6.20. The van der Waals surface area contributed by atoms with Crippen molar-refractivity contribution in [2.45, 2.75) is 0 Å². The van der Waals surface area contributed by atoms with Crippen LogP contribution in [0.2, 0.25) is 0 Å².